The van der Waals surface area contributed by atoms with E-state index >= 15 is 0 Å². The molecule has 136 valence electrons. The number of likely N-dealkylation sites (tertiary alicyclic amines) is 1. The summed E-state index contributed by atoms with van der Waals surface area (Å²) in [4.78, 5) is 26.3. The van der Waals surface area contributed by atoms with E-state index in [1.165, 1.54) is 6.20 Å². The van der Waals surface area contributed by atoms with E-state index in [1.54, 1.807) is 27.9 Å². The topological polar surface area (TPSA) is 84.7 Å². The molecule has 1 aromatic carbocycles. The van der Waals surface area contributed by atoms with E-state index in [9.17, 15) is 14.7 Å². The summed E-state index contributed by atoms with van der Waals surface area (Å²) in [5.74, 6) is -1.23. The summed E-state index contributed by atoms with van der Waals surface area (Å²) < 4.78 is 7.04. The zero-order valence-electron chi connectivity index (χ0n) is 14.0. The zero-order valence-corrected chi connectivity index (χ0v) is 14.7. The Bertz CT molecular complexity index is 850. The van der Waals surface area contributed by atoms with Gasteiger partial charge in [-0.25, -0.2) is 4.68 Å². The first-order valence-corrected chi connectivity index (χ1v) is 8.78. The molecule has 2 fully saturated rings. The molecular weight excluding hydrogens is 358 g/mol. The van der Waals surface area contributed by atoms with Gasteiger partial charge in [0.05, 0.1) is 29.5 Å². The first-order valence-electron chi connectivity index (χ1n) is 8.41. The molecule has 26 heavy (non-hydrogen) atoms. The summed E-state index contributed by atoms with van der Waals surface area (Å²) >= 11 is 5.89. The van der Waals surface area contributed by atoms with Crippen LogP contribution in [0, 0.1) is 11.3 Å². The average molecular weight is 376 g/mol. The Morgan fingerprint density at radius 2 is 2.08 bits per heavy atom. The molecule has 0 saturated carbocycles. The van der Waals surface area contributed by atoms with Crippen LogP contribution in [-0.2, 0) is 9.53 Å². The van der Waals surface area contributed by atoms with Crippen LogP contribution in [0.3, 0.4) is 0 Å². The van der Waals surface area contributed by atoms with Gasteiger partial charge in [0, 0.05) is 36.8 Å². The highest BCUT2D eigenvalue weighted by molar-refractivity contribution is 6.30. The number of benzene rings is 1. The Morgan fingerprint density at radius 3 is 2.77 bits per heavy atom. The van der Waals surface area contributed by atoms with E-state index in [0.29, 0.717) is 36.8 Å². The molecule has 2 aliphatic heterocycles. The zero-order chi connectivity index (χ0) is 18.3. The Kier molecular flexibility index (Phi) is 4.20. The van der Waals surface area contributed by atoms with Crippen molar-refractivity contribution in [1.82, 2.24) is 14.7 Å². The maximum atomic E-state index is 12.9. The van der Waals surface area contributed by atoms with Crippen molar-refractivity contribution in [3.63, 3.8) is 0 Å². The summed E-state index contributed by atoms with van der Waals surface area (Å²) in [6.07, 6.45) is 3.58. The van der Waals surface area contributed by atoms with Crippen molar-refractivity contribution in [2.45, 2.75) is 6.42 Å². The van der Waals surface area contributed by atoms with Crippen LogP contribution in [0.5, 0.6) is 0 Å². The molecule has 0 unspecified atom stereocenters. The van der Waals surface area contributed by atoms with Crippen molar-refractivity contribution < 1.29 is 19.4 Å². The maximum absolute atomic E-state index is 12.9. The SMILES string of the molecule is O=C(c1cnn(-c2ccc(Cl)cc2)c1)N1C[C@H]2COCC[C@@]2(C(=O)O)C1. The lowest BCUT2D eigenvalue weighted by Crippen LogP contribution is -2.45. The van der Waals surface area contributed by atoms with Crippen molar-refractivity contribution >= 4 is 23.5 Å². The number of carboxylic acid groups (broad SMARTS) is 1. The average Bonchev–Trinajstić information content (AvgIpc) is 3.27. The molecule has 2 aliphatic rings. The Hall–Kier alpha value is -2.38. The van der Waals surface area contributed by atoms with Gasteiger partial charge in [-0.3, -0.25) is 9.59 Å². The number of carboxylic acids is 1. The largest absolute Gasteiger partial charge is 0.481 e. The second-order valence-electron chi connectivity index (χ2n) is 6.82. The second-order valence-corrected chi connectivity index (χ2v) is 7.26. The predicted molar refractivity (Wildman–Crippen MR) is 93.5 cm³/mol. The molecule has 7 nitrogen and oxygen atoms in total. The van der Waals surface area contributed by atoms with Gasteiger partial charge in [-0.1, -0.05) is 11.6 Å². The number of halogens is 1. The number of rotatable bonds is 3. The van der Waals surface area contributed by atoms with E-state index in [2.05, 4.69) is 5.10 Å². The standard InChI is InChI=1S/C18H18ClN3O4/c19-14-1-3-15(4-2-14)22-8-12(7-20-22)16(23)21-9-13-10-26-6-5-18(13,11-21)17(24)25/h1-4,7-8,13H,5-6,9-11H2,(H,24,25)/t13-,18+/m0/s1. The second kappa shape index (κ2) is 6.41. The molecule has 1 N–H and O–H groups in total. The van der Waals surface area contributed by atoms with Crippen LogP contribution in [0.15, 0.2) is 36.7 Å². The number of nitrogens with zero attached hydrogens (tertiary/aromatic N) is 3. The van der Waals surface area contributed by atoms with Crippen LogP contribution < -0.4 is 0 Å². The minimum Gasteiger partial charge on any atom is -0.481 e. The number of carbonyl (C=O) groups is 2. The molecule has 3 heterocycles. The van der Waals surface area contributed by atoms with E-state index in [-0.39, 0.29) is 18.4 Å². The molecule has 2 aromatic rings. The van der Waals surface area contributed by atoms with Crippen LogP contribution in [0.4, 0.5) is 0 Å². The van der Waals surface area contributed by atoms with Crippen molar-refractivity contribution in [3.8, 4) is 5.69 Å². The van der Waals surface area contributed by atoms with E-state index in [0.717, 1.165) is 5.69 Å². The lowest BCUT2D eigenvalue weighted by Gasteiger charge is -2.33. The number of carbonyl (C=O) groups excluding carboxylic acids is 1. The lowest BCUT2D eigenvalue weighted by molar-refractivity contribution is -0.157. The van der Waals surface area contributed by atoms with Gasteiger partial charge in [0.1, 0.15) is 0 Å². The third-order valence-electron chi connectivity index (χ3n) is 5.34. The van der Waals surface area contributed by atoms with E-state index in [4.69, 9.17) is 16.3 Å². The van der Waals surface area contributed by atoms with Gasteiger partial charge in [0.25, 0.3) is 5.91 Å². The van der Waals surface area contributed by atoms with Crippen LogP contribution in [0.1, 0.15) is 16.8 Å². The van der Waals surface area contributed by atoms with Crippen LogP contribution >= 0.6 is 11.6 Å². The lowest BCUT2D eigenvalue weighted by atomic mass is 9.74. The summed E-state index contributed by atoms with van der Waals surface area (Å²) in [5, 5.41) is 14.6. The molecular formula is C18H18ClN3O4. The van der Waals surface area contributed by atoms with Crippen LogP contribution in [0.25, 0.3) is 5.69 Å². The normalized spacial score (nSPS) is 25.1. The number of aliphatic carboxylic acids is 1. The highest BCUT2D eigenvalue weighted by atomic mass is 35.5. The number of amides is 1. The number of aromatic nitrogens is 2. The van der Waals surface area contributed by atoms with Gasteiger partial charge in [-0.15, -0.1) is 0 Å². The van der Waals surface area contributed by atoms with Crippen LogP contribution in [-0.4, -0.2) is 58.0 Å². The summed E-state index contributed by atoms with van der Waals surface area (Å²) in [5.41, 5.74) is 0.319. The Morgan fingerprint density at radius 1 is 1.31 bits per heavy atom. The van der Waals surface area contributed by atoms with Crippen molar-refractivity contribution in [3.05, 3.63) is 47.2 Å². The molecule has 0 bridgehead atoms. The van der Waals surface area contributed by atoms with Crippen molar-refractivity contribution in [1.29, 1.82) is 0 Å². The first kappa shape index (κ1) is 17.1. The van der Waals surface area contributed by atoms with Gasteiger partial charge in [-0.2, -0.15) is 5.10 Å². The van der Waals surface area contributed by atoms with Crippen molar-refractivity contribution in [2.75, 3.05) is 26.3 Å². The summed E-state index contributed by atoms with van der Waals surface area (Å²) in [6, 6.07) is 7.12. The third-order valence-corrected chi connectivity index (χ3v) is 5.59. The maximum Gasteiger partial charge on any atom is 0.311 e. The molecule has 0 spiro atoms. The number of fused-ring (bicyclic) bond motifs is 1. The third kappa shape index (κ3) is 2.77. The molecule has 1 amide bonds. The quantitative estimate of drug-likeness (QED) is 0.887. The molecule has 0 radical (unpaired) electrons. The number of hydrogen-bond donors (Lipinski definition) is 1. The summed E-state index contributed by atoms with van der Waals surface area (Å²) in [7, 11) is 0. The van der Waals surface area contributed by atoms with Gasteiger partial charge in [0.15, 0.2) is 0 Å². The van der Waals surface area contributed by atoms with Gasteiger partial charge >= 0.3 is 5.97 Å². The molecule has 8 heteroatoms. The first-order chi connectivity index (χ1) is 12.5. The highest BCUT2D eigenvalue weighted by Crippen LogP contribution is 2.42. The van der Waals surface area contributed by atoms with Crippen LogP contribution in [0.2, 0.25) is 5.02 Å². The van der Waals surface area contributed by atoms with Gasteiger partial charge in [-0.05, 0) is 30.7 Å². The Labute approximate surface area is 155 Å². The molecule has 2 atom stereocenters. The van der Waals surface area contributed by atoms with E-state index < -0.39 is 11.4 Å². The minimum absolute atomic E-state index is 0.177. The fourth-order valence-corrected chi connectivity index (χ4v) is 3.93. The number of ether oxygens (including phenoxy) is 1. The fourth-order valence-electron chi connectivity index (χ4n) is 3.81. The van der Waals surface area contributed by atoms with E-state index in [1.807, 2.05) is 12.1 Å². The highest BCUT2D eigenvalue weighted by Gasteiger charge is 2.55. The monoisotopic (exact) mass is 375 g/mol. The predicted octanol–water partition coefficient (Wildman–Crippen LogP) is 2.09. The van der Waals surface area contributed by atoms with Gasteiger partial charge in [0.2, 0.25) is 0 Å². The molecule has 0 aliphatic carbocycles. The smallest absolute Gasteiger partial charge is 0.311 e. The molecule has 2 saturated heterocycles. The Balaban J connectivity index is 1.55. The summed E-state index contributed by atoms with van der Waals surface area (Å²) in [6.45, 7) is 1.39. The van der Waals surface area contributed by atoms with Gasteiger partial charge < -0.3 is 14.7 Å². The fraction of sp³-hybridized carbons (Fsp3) is 0.389. The van der Waals surface area contributed by atoms with Crippen molar-refractivity contribution in [2.24, 2.45) is 11.3 Å². The number of hydrogen-bond acceptors (Lipinski definition) is 4. The minimum atomic E-state index is -0.903. The molecule has 4 rings (SSSR count). The molecule has 1 aromatic heterocycles.